The number of nitrogens with one attached hydrogen (secondary N) is 2. The molecule has 2 N–H and O–H groups in total. The van der Waals surface area contributed by atoms with E-state index in [0.717, 1.165) is 37.6 Å². The second kappa shape index (κ2) is 7.67. The van der Waals surface area contributed by atoms with Gasteiger partial charge in [0.1, 0.15) is 23.3 Å². The summed E-state index contributed by atoms with van der Waals surface area (Å²) in [6, 6.07) is 3.05. The maximum atomic E-state index is 15.5. The average Bonchev–Trinajstić information content (AvgIpc) is 2.68. The van der Waals surface area contributed by atoms with Crippen LogP contribution in [0.1, 0.15) is 55.8 Å². The first kappa shape index (κ1) is 21.6. The lowest BCUT2D eigenvalue weighted by Crippen LogP contribution is -2.53. The van der Waals surface area contributed by atoms with Gasteiger partial charge >= 0.3 is 0 Å². The molecule has 33 heavy (non-hydrogen) atoms. The Hall–Kier alpha value is -3.23. The molecule has 1 aromatic carbocycles. The summed E-state index contributed by atoms with van der Waals surface area (Å²) < 4.78 is 56.6. The van der Waals surface area contributed by atoms with Crippen LogP contribution in [0.3, 0.4) is 0 Å². The first-order chi connectivity index (χ1) is 15.7. The van der Waals surface area contributed by atoms with E-state index in [9.17, 15) is 22.8 Å². The van der Waals surface area contributed by atoms with Crippen molar-refractivity contribution in [1.82, 2.24) is 15.3 Å². The maximum absolute atomic E-state index is 15.5. The molecule has 0 unspecified atom stereocenters. The van der Waals surface area contributed by atoms with Gasteiger partial charge in [0.15, 0.2) is 0 Å². The molecule has 2 atom stereocenters. The van der Waals surface area contributed by atoms with Crippen LogP contribution in [0.25, 0.3) is 10.9 Å². The number of hydrogen-bond acceptors (Lipinski definition) is 3. The normalized spacial score (nSPS) is 22.9. The molecule has 3 aliphatic carbocycles. The first-order valence-electron chi connectivity index (χ1n) is 10.8. The number of carbonyl (C=O) groups excluding carboxylic acids is 1. The van der Waals surface area contributed by atoms with Crippen molar-refractivity contribution < 1.29 is 22.4 Å². The summed E-state index contributed by atoms with van der Waals surface area (Å²) in [7, 11) is 0. The Morgan fingerprint density at radius 3 is 2.55 bits per heavy atom. The predicted octanol–water partition coefficient (Wildman–Crippen LogP) is 4.63. The van der Waals surface area contributed by atoms with Gasteiger partial charge in [0.05, 0.1) is 34.9 Å². The molecule has 6 rings (SSSR count). The Morgan fingerprint density at radius 2 is 1.91 bits per heavy atom. The topological polar surface area (TPSA) is 74.8 Å². The molecule has 2 aromatic heterocycles. The Balaban J connectivity index is 1.52. The van der Waals surface area contributed by atoms with Crippen LogP contribution in [0.5, 0.6) is 0 Å². The Bertz CT molecular complexity index is 1320. The summed E-state index contributed by atoms with van der Waals surface area (Å²) in [4.78, 5) is 32.4. The van der Waals surface area contributed by atoms with Crippen LogP contribution in [-0.2, 0) is 4.79 Å². The second-order valence-electron chi connectivity index (χ2n) is 9.36. The Kier molecular flexibility index (Phi) is 5.02. The number of carbonyl (C=O) groups is 1. The lowest BCUT2D eigenvalue weighted by Gasteiger charge is -2.63. The third-order valence-electron chi connectivity index (χ3n) is 7.02. The summed E-state index contributed by atoms with van der Waals surface area (Å²) in [5, 5.41) is 2.47. The number of aromatic amines is 1. The molecule has 0 aliphatic heterocycles. The van der Waals surface area contributed by atoms with Crippen LogP contribution < -0.4 is 10.9 Å². The number of rotatable bonds is 6. The van der Waals surface area contributed by atoms with E-state index in [4.69, 9.17) is 0 Å². The molecule has 3 saturated carbocycles. The molecular weight excluding hydrogens is 438 g/mol. The summed E-state index contributed by atoms with van der Waals surface area (Å²) in [6.45, 7) is 1.47. The number of nitrogens with zero attached hydrogens (tertiary/aromatic N) is 1. The highest BCUT2D eigenvalue weighted by molar-refractivity contribution is 5.87. The number of hydrogen-bond donors (Lipinski definition) is 2. The van der Waals surface area contributed by atoms with E-state index in [1.54, 1.807) is 0 Å². The minimum absolute atomic E-state index is 0.123. The average molecular weight is 459 g/mol. The van der Waals surface area contributed by atoms with E-state index in [0.29, 0.717) is 12.0 Å². The van der Waals surface area contributed by atoms with Crippen molar-refractivity contribution in [2.75, 3.05) is 0 Å². The Morgan fingerprint density at radius 1 is 1.18 bits per heavy atom. The fraction of sp³-hybridized carbons (Fsp3) is 0.375. The highest BCUT2D eigenvalue weighted by atomic mass is 19.1. The highest BCUT2D eigenvalue weighted by Crippen LogP contribution is 2.67. The van der Waals surface area contributed by atoms with Crippen molar-refractivity contribution in [3.63, 3.8) is 0 Å². The number of H-pyrrole nitrogens is 1. The zero-order valence-electron chi connectivity index (χ0n) is 17.7. The molecule has 0 radical (unpaired) electrons. The van der Waals surface area contributed by atoms with Crippen molar-refractivity contribution in [2.45, 2.75) is 44.6 Å². The van der Waals surface area contributed by atoms with E-state index in [2.05, 4.69) is 15.3 Å². The van der Waals surface area contributed by atoms with E-state index >= 15 is 4.39 Å². The quantitative estimate of drug-likeness (QED) is 0.528. The number of fused-ring (bicyclic) bond motifs is 1. The fourth-order valence-electron chi connectivity index (χ4n) is 5.35. The molecule has 3 fully saturated rings. The van der Waals surface area contributed by atoms with E-state index in [-0.39, 0.29) is 34.0 Å². The predicted molar refractivity (Wildman–Crippen MR) is 112 cm³/mol. The van der Waals surface area contributed by atoms with Crippen LogP contribution in [0.2, 0.25) is 0 Å². The van der Waals surface area contributed by atoms with E-state index < -0.39 is 46.7 Å². The lowest BCUT2D eigenvalue weighted by molar-refractivity contribution is -0.136. The highest BCUT2D eigenvalue weighted by Gasteiger charge is 2.57. The van der Waals surface area contributed by atoms with Crippen LogP contribution in [0, 0.1) is 34.6 Å². The van der Waals surface area contributed by atoms with Gasteiger partial charge in [-0.3, -0.25) is 14.6 Å². The molecule has 0 spiro atoms. The van der Waals surface area contributed by atoms with E-state index in [1.807, 2.05) is 0 Å². The summed E-state index contributed by atoms with van der Waals surface area (Å²) in [5.74, 6) is -4.63. The molecule has 2 heterocycles. The minimum Gasteiger partial charge on any atom is -0.347 e. The van der Waals surface area contributed by atoms with Crippen LogP contribution in [-0.4, -0.2) is 15.9 Å². The third kappa shape index (κ3) is 3.69. The van der Waals surface area contributed by atoms with Crippen molar-refractivity contribution in [3.05, 3.63) is 75.3 Å². The van der Waals surface area contributed by atoms with Crippen LogP contribution in [0.4, 0.5) is 17.6 Å². The molecule has 3 aliphatic rings. The van der Waals surface area contributed by atoms with Gasteiger partial charge in [-0.25, -0.2) is 17.6 Å². The van der Waals surface area contributed by atoms with Gasteiger partial charge in [-0.15, -0.1) is 0 Å². The molecule has 9 heteroatoms. The van der Waals surface area contributed by atoms with Crippen molar-refractivity contribution in [1.29, 1.82) is 0 Å². The molecule has 3 aromatic rings. The van der Waals surface area contributed by atoms with Crippen LogP contribution >= 0.6 is 0 Å². The van der Waals surface area contributed by atoms with E-state index in [1.165, 1.54) is 13.0 Å². The standard InChI is InChI=1S/C24H21F4N3O2/c1-11(21-17(27)5-14(26)10-29-21)30-22(32)16(9-24-6-12(7-24)8-24)19-20(28)15-4-13(25)2-3-18(15)31-23(19)33/h2-5,10-12,16H,6-9H2,1H3,(H,30,32)(H,31,33)/t11-,12?,16-,24?/m1/s1. The minimum atomic E-state index is -1.16. The van der Waals surface area contributed by atoms with Gasteiger partial charge < -0.3 is 10.3 Å². The second-order valence-corrected chi connectivity index (χ2v) is 9.36. The van der Waals surface area contributed by atoms with Crippen molar-refractivity contribution >= 4 is 16.8 Å². The van der Waals surface area contributed by atoms with Gasteiger partial charge in [0.2, 0.25) is 5.91 Å². The van der Waals surface area contributed by atoms with Crippen molar-refractivity contribution in [2.24, 2.45) is 11.3 Å². The number of pyridine rings is 2. The molecule has 2 bridgehead atoms. The number of halogens is 4. The molecule has 5 nitrogen and oxygen atoms in total. The number of amides is 1. The molecule has 0 saturated heterocycles. The van der Waals surface area contributed by atoms with Gasteiger partial charge in [-0.2, -0.15) is 0 Å². The van der Waals surface area contributed by atoms with Gasteiger partial charge in [0.25, 0.3) is 5.56 Å². The fourth-order valence-corrected chi connectivity index (χ4v) is 5.35. The number of aromatic nitrogens is 2. The smallest absolute Gasteiger partial charge is 0.255 e. The van der Waals surface area contributed by atoms with Gasteiger partial charge in [-0.1, -0.05) is 0 Å². The first-order valence-corrected chi connectivity index (χ1v) is 10.8. The molecular formula is C24H21F4N3O2. The zero-order valence-corrected chi connectivity index (χ0v) is 17.7. The molecule has 1 amide bonds. The van der Waals surface area contributed by atoms with Gasteiger partial charge in [0, 0.05) is 11.5 Å². The summed E-state index contributed by atoms with van der Waals surface area (Å²) in [6.07, 6.45) is 3.80. The maximum Gasteiger partial charge on any atom is 0.255 e. The zero-order chi connectivity index (χ0) is 23.5. The number of benzene rings is 1. The largest absolute Gasteiger partial charge is 0.347 e. The Labute approximate surface area is 186 Å². The monoisotopic (exact) mass is 459 g/mol. The molecule has 172 valence electrons. The summed E-state index contributed by atoms with van der Waals surface area (Å²) >= 11 is 0. The van der Waals surface area contributed by atoms with Crippen LogP contribution in [0.15, 0.2) is 35.3 Å². The third-order valence-corrected chi connectivity index (χ3v) is 7.02. The summed E-state index contributed by atoms with van der Waals surface area (Å²) in [5.41, 5.74) is -1.32. The lowest BCUT2D eigenvalue weighted by atomic mass is 9.42. The van der Waals surface area contributed by atoms with Gasteiger partial charge in [-0.05, 0) is 62.1 Å². The SMILES string of the molecule is C[C@@H](NC(=O)[C@H](CC12CC(C1)C2)c1c(F)c2cc(F)ccc2[nH]c1=O)c1ncc(F)cc1F. The van der Waals surface area contributed by atoms with Crippen molar-refractivity contribution in [3.8, 4) is 0 Å².